The molecule has 0 aliphatic carbocycles. The molecule has 24 heavy (non-hydrogen) atoms. The third-order valence-electron chi connectivity index (χ3n) is 4.83. The molecular weight excluding hydrogens is 304 g/mol. The van der Waals surface area contributed by atoms with Crippen LogP contribution < -0.4 is 10.2 Å². The first-order chi connectivity index (χ1) is 11.4. The Morgan fingerprint density at radius 1 is 1.38 bits per heavy atom. The molecule has 2 unspecified atom stereocenters. The van der Waals surface area contributed by atoms with E-state index in [1.165, 1.54) is 5.56 Å². The SMILES string of the molecule is CCC(O)CCNC(=O)C1CCC(=O)N(c2ccc(C)c(C)c2)C1. The molecule has 1 aromatic rings. The van der Waals surface area contributed by atoms with E-state index < -0.39 is 0 Å². The van der Waals surface area contributed by atoms with Gasteiger partial charge in [-0.2, -0.15) is 0 Å². The molecule has 5 heteroatoms. The number of aliphatic hydroxyl groups excluding tert-OH is 1. The molecule has 1 aromatic carbocycles. The fourth-order valence-corrected chi connectivity index (χ4v) is 2.91. The molecule has 2 atom stereocenters. The standard InChI is InChI=1S/C19H28N2O3/c1-4-17(22)9-10-20-19(24)15-6-8-18(23)21(12-15)16-7-5-13(2)14(3)11-16/h5,7,11,15,17,22H,4,6,8-10,12H2,1-3H3,(H,20,24). The number of hydrogen-bond donors (Lipinski definition) is 2. The number of rotatable bonds is 6. The van der Waals surface area contributed by atoms with Gasteiger partial charge < -0.3 is 15.3 Å². The van der Waals surface area contributed by atoms with E-state index in [-0.39, 0.29) is 23.8 Å². The maximum absolute atomic E-state index is 12.3. The van der Waals surface area contributed by atoms with Gasteiger partial charge in [-0.15, -0.1) is 0 Å². The van der Waals surface area contributed by atoms with Gasteiger partial charge in [0.15, 0.2) is 0 Å². The van der Waals surface area contributed by atoms with Crippen molar-refractivity contribution < 1.29 is 14.7 Å². The van der Waals surface area contributed by atoms with E-state index >= 15 is 0 Å². The molecule has 1 heterocycles. The summed E-state index contributed by atoms with van der Waals surface area (Å²) < 4.78 is 0. The fourth-order valence-electron chi connectivity index (χ4n) is 2.91. The Balaban J connectivity index is 1.98. The number of anilines is 1. The number of nitrogens with zero attached hydrogens (tertiary/aromatic N) is 1. The summed E-state index contributed by atoms with van der Waals surface area (Å²) in [5, 5.41) is 12.4. The van der Waals surface area contributed by atoms with Gasteiger partial charge in [-0.1, -0.05) is 13.0 Å². The summed E-state index contributed by atoms with van der Waals surface area (Å²) in [6.45, 7) is 6.88. The first-order valence-electron chi connectivity index (χ1n) is 8.75. The topological polar surface area (TPSA) is 69.6 Å². The molecular formula is C19H28N2O3. The largest absolute Gasteiger partial charge is 0.393 e. The number of aryl methyl sites for hydroxylation is 2. The predicted molar refractivity (Wildman–Crippen MR) is 94.9 cm³/mol. The average molecular weight is 332 g/mol. The van der Waals surface area contributed by atoms with Crippen LogP contribution in [-0.2, 0) is 9.59 Å². The lowest BCUT2D eigenvalue weighted by molar-refractivity contribution is -0.127. The monoisotopic (exact) mass is 332 g/mol. The highest BCUT2D eigenvalue weighted by Crippen LogP contribution is 2.26. The molecule has 0 spiro atoms. The van der Waals surface area contributed by atoms with Gasteiger partial charge in [0.1, 0.15) is 0 Å². The molecule has 132 valence electrons. The molecule has 2 rings (SSSR count). The van der Waals surface area contributed by atoms with Crippen molar-refractivity contribution in [3.05, 3.63) is 29.3 Å². The van der Waals surface area contributed by atoms with Gasteiger partial charge in [0.05, 0.1) is 12.0 Å². The lowest BCUT2D eigenvalue weighted by Crippen LogP contribution is -2.46. The van der Waals surface area contributed by atoms with Gasteiger partial charge in [-0.05, 0) is 56.4 Å². The highest BCUT2D eigenvalue weighted by atomic mass is 16.3. The van der Waals surface area contributed by atoms with E-state index in [9.17, 15) is 14.7 Å². The van der Waals surface area contributed by atoms with Crippen LogP contribution in [0.1, 0.15) is 43.7 Å². The van der Waals surface area contributed by atoms with E-state index in [0.29, 0.717) is 38.8 Å². The lowest BCUT2D eigenvalue weighted by Gasteiger charge is -2.32. The van der Waals surface area contributed by atoms with Crippen LogP contribution in [0.5, 0.6) is 0 Å². The van der Waals surface area contributed by atoms with Crippen LogP contribution in [0.15, 0.2) is 18.2 Å². The number of piperidine rings is 1. The molecule has 1 aliphatic heterocycles. The summed E-state index contributed by atoms with van der Waals surface area (Å²) in [5.41, 5.74) is 3.19. The zero-order chi connectivity index (χ0) is 17.7. The minimum Gasteiger partial charge on any atom is -0.393 e. The first-order valence-corrected chi connectivity index (χ1v) is 8.75. The molecule has 1 fully saturated rings. The Labute approximate surface area is 144 Å². The molecule has 1 saturated heterocycles. The fraction of sp³-hybridized carbons (Fsp3) is 0.579. The van der Waals surface area contributed by atoms with E-state index in [2.05, 4.69) is 5.32 Å². The summed E-state index contributed by atoms with van der Waals surface area (Å²) in [7, 11) is 0. The summed E-state index contributed by atoms with van der Waals surface area (Å²) >= 11 is 0. The molecule has 0 aromatic heterocycles. The van der Waals surface area contributed by atoms with Crippen LogP contribution >= 0.6 is 0 Å². The molecule has 1 aliphatic rings. The van der Waals surface area contributed by atoms with Crippen molar-refractivity contribution >= 4 is 17.5 Å². The number of aliphatic hydroxyl groups is 1. The maximum Gasteiger partial charge on any atom is 0.227 e. The molecule has 0 bridgehead atoms. The molecule has 0 radical (unpaired) electrons. The number of benzene rings is 1. The zero-order valence-corrected chi connectivity index (χ0v) is 14.8. The van der Waals surface area contributed by atoms with Crippen LogP contribution in [0.4, 0.5) is 5.69 Å². The highest BCUT2D eigenvalue weighted by Gasteiger charge is 2.31. The Kier molecular flexibility index (Phi) is 6.37. The van der Waals surface area contributed by atoms with Crippen molar-refractivity contribution in [2.75, 3.05) is 18.0 Å². The third-order valence-corrected chi connectivity index (χ3v) is 4.83. The van der Waals surface area contributed by atoms with Gasteiger partial charge in [-0.3, -0.25) is 9.59 Å². The van der Waals surface area contributed by atoms with Crippen LogP contribution in [0.3, 0.4) is 0 Å². The Hall–Kier alpha value is -1.88. The summed E-state index contributed by atoms with van der Waals surface area (Å²) in [5.74, 6) is -0.147. The van der Waals surface area contributed by atoms with Crippen LogP contribution in [0, 0.1) is 19.8 Å². The summed E-state index contributed by atoms with van der Waals surface area (Å²) in [6, 6.07) is 5.96. The minimum atomic E-state index is -0.370. The number of carbonyl (C=O) groups excluding carboxylic acids is 2. The molecule has 5 nitrogen and oxygen atoms in total. The Bertz CT molecular complexity index is 600. The van der Waals surface area contributed by atoms with E-state index in [1.807, 2.05) is 39.0 Å². The van der Waals surface area contributed by atoms with Crippen molar-refractivity contribution in [3.8, 4) is 0 Å². The van der Waals surface area contributed by atoms with Crippen molar-refractivity contribution in [3.63, 3.8) is 0 Å². The highest BCUT2D eigenvalue weighted by molar-refractivity contribution is 5.96. The minimum absolute atomic E-state index is 0.0281. The summed E-state index contributed by atoms with van der Waals surface area (Å²) in [4.78, 5) is 26.3. The van der Waals surface area contributed by atoms with Gasteiger partial charge in [0.2, 0.25) is 11.8 Å². The number of carbonyl (C=O) groups is 2. The van der Waals surface area contributed by atoms with E-state index in [0.717, 1.165) is 11.3 Å². The first kappa shape index (κ1) is 18.5. The van der Waals surface area contributed by atoms with Crippen LogP contribution in [0.25, 0.3) is 0 Å². The number of hydrogen-bond acceptors (Lipinski definition) is 3. The second kappa shape index (κ2) is 8.29. The normalized spacial score (nSPS) is 19.2. The Morgan fingerprint density at radius 3 is 2.79 bits per heavy atom. The smallest absolute Gasteiger partial charge is 0.227 e. The van der Waals surface area contributed by atoms with Gasteiger partial charge >= 0.3 is 0 Å². The lowest BCUT2D eigenvalue weighted by atomic mass is 9.95. The van der Waals surface area contributed by atoms with Crippen LogP contribution in [0.2, 0.25) is 0 Å². The van der Waals surface area contributed by atoms with Gasteiger partial charge in [-0.25, -0.2) is 0 Å². The van der Waals surface area contributed by atoms with E-state index in [4.69, 9.17) is 0 Å². The zero-order valence-electron chi connectivity index (χ0n) is 14.8. The maximum atomic E-state index is 12.3. The second-order valence-electron chi connectivity index (χ2n) is 6.65. The number of amides is 2. The molecule has 2 N–H and O–H groups in total. The number of nitrogens with one attached hydrogen (secondary N) is 1. The average Bonchev–Trinajstić information content (AvgIpc) is 2.57. The van der Waals surface area contributed by atoms with Gasteiger partial charge in [0.25, 0.3) is 0 Å². The van der Waals surface area contributed by atoms with Gasteiger partial charge in [0, 0.05) is 25.2 Å². The molecule has 0 saturated carbocycles. The van der Waals surface area contributed by atoms with E-state index in [1.54, 1.807) is 4.90 Å². The third kappa shape index (κ3) is 4.57. The van der Waals surface area contributed by atoms with Crippen molar-refractivity contribution in [1.82, 2.24) is 5.32 Å². The van der Waals surface area contributed by atoms with Crippen LogP contribution in [-0.4, -0.2) is 36.1 Å². The predicted octanol–water partition coefficient (Wildman–Crippen LogP) is 2.32. The molecule has 2 amide bonds. The van der Waals surface area contributed by atoms with Crippen molar-refractivity contribution in [2.24, 2.45) is 5.92 Å². The van der Waals surface area contributed by atoms with Crippen molar-refractivity contribution in [2.45, 2.75) is 52.6 Å². The quantitative estimate of drug-likeness (QED) is 0.840. The second-order valence-corrected chi connectivity index (χ2v) is 6.65. The Morgan fingerprint density at radius 2 is 2.12 bits per heavy atom. The van der Waals surface area contributed by atoms with Crippen molar-refractivity contribution in [1.29, 1.82) is 0 Å². The summed E-state index contributed by atoms with van der Waals surface area (Å²) in [6.07, 6.45) is 1.86.